The third kappa shape index (κ3) is 3.27. The summed E-state index contributed by atoms with van der Waals surface area (Å²) in [7, 11) is -1.17. The van der Waals surface area contributed by atoms with Crippen molar-refractivity contribution in [1.29, 1.82) is 0 Å². The second-order valence-corrected chi connectivity index (χ2v) is 11.5. The molecule has 2 aromatic carbocycles. The molecule has 2 saturated heterocycles. The molecule has 0 unspecified atom stereocenters. The molecule has 6 nitrogen and oxygen atoms in total. The van der Waals surface area contributed by atoms with E-state index in [-0.39, 0.29) is 0 Å². The Hall–Kier alpha value is -1.67. The van der Waals surface area contributed by atoms with Crippen LogP contribution in [-0.2, 0) is 24.4 Å². The summed E-state index contributed by atoms with van der Waals surface area (Å²) in [6.45, 7) is 16.0. The molecule has 0 bridgehead atoms. The van der Waals surface area contributed by atoms with Gasteiger partial charge in [-0.05, 0) is 77.4 Å². The molecule has 8 heteroatoms. The van der Waals surface area contributed by atoms with Gasteiger partial charge >= 0.3 is 14.2 Å². The first-order chi connectivity index (χ1) is 15.1. The average Bonchev–Trinajstić information content (AvgIpc) is 3.16. The third-order valence-electron chi connectivity index (χ3n) is 8.18. The highest BCUT2D eigenvalue weighted by atomic mass is 16.7. The highest BCUT2D eigenvalue weighted by molar-refractivity contribution is 6.62. The van der Waals surface area contributed by atoms with E-state index in [0.29, 0.717) is 11.1 Å². The summed E-state index contributed by atoms with van der Waals surface area (Å²) in [6.07, 6.45) is 0. The Balaban J connectivity index is 1.50. The number of benzene rings is 2. The zero-order valence-corrected chi connectivity index (χ0v) is 20.6. The van der Waals surface area contributed by atoms with Gasteiger partial charge in [0.2, 0.25) is 5.79 Å². The first kappa shape index (κ1) is 23.1. The van der Waals surface area contributed by atoms with Gasteiger partial charge in [-0.2, -0.15) is 0 Å². The van der Waals surface area contributed by atoms with Crippen LogP contribution in [-0.4, -0.2) is 46.9 Å². The van der Waals surface area contributed by atoms with Crippen LogP contribution in [0.4, 0.5) is 0 Å². The van der Waals surface area contributed by atoms with Gasteiger partial charge in [-0.1, -0.05) is 36.4 Å². The van der Waals surface area contributed by atoms with Crippen molar-refractivity contribution in [2.24, 2.45) is 0 Å². The lowest BCUT2D eigenvalue weighted by atomic mass is 9.77. The standard InChI is InChI=1S/C25H32B2O6/c1-21(2)22(3,4)31-26(30-21)15-9-11-17-18-12-10-16(14-20(18)25(28,29)19(17)13-15)27-32-23(5,6)24(7,8)33-27/h9-14,28-29H,1-8H3. The van der Waals surface area contributed by atoms with E-state index in [1.807, 2.05) is 79.7 Å². The second kappa shape index (κ2) is 6.72. The topological polar surface area (TPSA) is 77.4 Å². The molecule has 0 atom stereocenters. The molecule has 3 aliphatic rings. The minimum Gasteiger partial charge on any atom is -0.399 e. The number of hydrogen-bond donors (Lipinski definition) is 2. The molecule has 2 fully saturated rings. The largest absolute Gasteiger partial charge is 0.494 e. The average molecular weight is 450 g/mol. The molecule has 0 amide bonds. The van der Waals surface area contributed by atoms with Crippen LogP contribution < -0.4 is 10.9 Å². The summed E-state index contributed by atoms with van der Waals surface area (Å²) in [4.78, 5) is 0. The number of rotatable bonds is 2. The molecule has 2 aliphatic heterocycles. The van der Waals surface area contributed by atoms with Crippen molar-refractivity contribution in [3.63, 3.8) is 0 Å². The Bertz CT molecular complexity index is 1020. The summed E-state index contributed by atoms with van der Waals surface area (Å²) >= 11 is 0. The van der Waals surface area contributed by atoms with Crippen LogP contribution in [0.1, 0.15) is 66.5 Å². The van der Waals surface area contributed by atoms with Gasteiger partial charge in [0.15, 0.2) is 0 Å². The molecular formula is C25H32B2O6. The van der Waals surface area contributed by atoms with Crippen molar-refractivity contribution in [3.05, 3.63) is 47.5 Å². The van der Waals surface area contributed by atoms with E-state index >= 15 is 0 Å². The summed E-state index contributed by atoms with van der Waals surface area (Å²) in [5.41, 5.74) is 1.95. The van der Waals surface area contributed by atoms with Crippen molar-refractivity contribution in [1.82, 2.24) is 0 Å². The summed E-state index contributed by atoms with van der Waals surface area (Å²) in [5, 5.41) is 22.5. The van der Waals surface area contributed by atoms with E-state index in [1.54, 1.807) is 12.1 Å². The van der Waals surface area contributed by atoms with Crippen LogP contribution in [0.3, 0.4) is 0 Å². The predicted molar refractivity (Wildman–Crippen MR) is 129 cm³/mol. The van der Waals surface area contributed by atoms with Gasteiger partial charge in [-0.3, -0.25) is 0 Å². The Morgan fingerprint density at radius 2 is 0.848 bits per heavy atom. The highest BCUT2D eigenvalue weighted by Gasteiger charge is 2.54. The normalized spacial score (nSPS) is 25.3. The van der Waals surface area contributed by atoms with Crippen LogP contribution in [0.15, 0.2) is 36.4 Å². The monoisotopic (exact) mass is 450 g/mol. The molecule has 0 aromatic heterocycles. The summed E-state index contributed by atoms with van der Waals surface area (Å²) in [6, 6.07) is 11.2. The zero-order valence-electron chi connectivity index (χ0n) is 20.6. The van der Waals surface area contributed by atoms with Crippen LogP contribution in [0.2, 0.25) is 0 Å². The molecule has 5 rings (SSSR count). The van der Waals surface area contributed by atoms with Gasteiger partial charge < -0.3 is 28.8 Å². The van der Waals surface area contributed by atoms with Crippen LogP contribution in [0, 0.1) is 0 Å². The SMILES string of the molecule is CC1(C)OB(c2ccc3c(c2)C(O)(O)c2cc(B4OC(C)(C)C(C)(C)O4)ccc2-3)OC1(C)C. The maximum Gasteiger partial charge on any atom is 0.494 e. The number of hydrogen-bond acceptors (Lipinski definition) is 6. The Kier molecular flexibility index (Phi) is 4.70. The van der Waals surface area contributed by atoms with Crippen molar-refractivity contribution in [3.8, 4) is 11.1 Å². The second-order valence-electron chi connectivity index (χ2n) is 11.5. The maximum atomic E-state index is 11.2. The minimum absolute atomic E-state index is 0.413. The lowest BCUT2D eigenvalue weighted by Gasteiger charge is -2.32. The zero-order chi connectivity index (χ0) is 24.2. The molecule has 2 aromatic rings. The lowest BCUT2D eigenvalue weighted by Crippen LogP contribution is -2.41. The fourth-order valence-electron chi connectivity index (χ4n) is 4.57. The first-order valence-corrected chi connectivity index (χ1v) is 11.5. The van der Waals surface area contributed by atoms with Crippen molar-refractivity contribution in [2.45, 2.75) is 83.6 Å². The maximum absolute atomic E-state index is 11.2. The molecule has 33 heavy (non-hydrogen) atoms. The highest BCUT2D eigenvalue weighted by Crippen LogP contribution is 2.46. The minimum atomic E-state index is -2.15. The molecule has 0 spiro atoms. The quantitative estimate of drug-likeness (QED) is 0.541. The van der Waals surface area contributed by atoms with Crippen LogP contribution in [0.5, 0.6) is 0 Å². The van der Waals surface area contributed by atoms with Gasteiger partial charge in [0.1, 0.15) is 0 Å². The smallest absolute Gasteiger partial charge is 0.399 e. The molecule has 2 heterocycles. The molecule has 174 valence electrons. The Labute approximate surface area is 196 Å². The van der Waals surface area contributed by atoms with Crippen molar-refractivity contribution in [2.75, 3.05) is 0 Å². The van der Waals surface area contributed by atoms with Gasteiger partial charge in [-0.25, -0.2) is 0 Å². The van der Waals surface area contributed by atoms with E-state index in [2.05, 4.69) is 0 Å². The molecular weight excluding hydrogens is 418 g/mol. The predicted octanol–water partition coefficient (Wildman–Crippen LogP) is 2.45. The Morgan fingerprint density at radius 1 is 0.545 bits per heavy atom. The third-order valence-corrected chi connectivity index (χ3v) is 8.18. The van der Waals surface area contributed by atoms with Crippen molar-refractivity contribution < 1.29 is 28.8 Å². The van der Waals surface area contributed by atoms with Gasteiger partial charge in [0.25, 0.3) is 0 Å². The Morgan fingerprint density at radius 3 is 1.15 bits per heavy atom. The number of aliphatic hydroxyl groups is 2. The van der Waals surface area contributed by atoms with E-state index in [1.165, 1.54) is 0 Å². The van der Waals surface area contributed by atoms with E-state index < -0.39 is 42.4 Å². The summed E-state index contributed by atoms with van der Waals surface area (Å²) in [5.74, 6) is -2.15. The molecule has 1 aliphatic carbocycles. The van der Waals surface area contributed by atoms with Crippen LogP contribution in [0.25, 0.3) is 11.1 Å². The van der Waals surface area contributed by atoms with Gasteiger partial charge in [-0.15, -0.1) is 0 Å². The molecule has 0 radical (unpaired) electrons. The van der Waals surface area contributed by atoms with Crippen molar-refractivity contribution >= 4 is 25.2 Å². The van der Waals surface area contributed by atoms with E-state index in [9.17, 15) is 10.2 Å². The lowest BCUT2D eigenvalue weighted by molar-refractivity contribution is -0.128. The van der Waals surface area contributed by atoms with Gasteiger partial charge in [0.05, 0.1) is 22.4 Å². The molecule has 2 N–H and O–H groups in total. The summed E-state index contributed by atoms with van der Waals surface area (Å²) < 4.78 is 24.6. The fourth-order valence-corrected chi connectivity index (χ4v) is 4.57. The molecule has 0 saturated carbocycles. The van der Waals surface area contributed by atoms with E-state index in [0.717, 1.165) is 22.1 Å². The first-order valence-electron chi connectivity index (χ1n) is 11.5. The van der Waals surface area contributed by atoms with Gasteiger partial charge in [0, 0.05) is 11.1 Å². The fraction of sp³-hybridized carbons (Fsp3) is 0.520. The number of fused-ring (bicyclic) bond motifs is 3. The van der Waals surface area contributed by atoms with Crippen LogP contribution >= 0.6 is 0 Å². The van der Waals surface area contributed by atoms with E-state index in [4.69, 9.17) is 18.6 Å².